The molecule has 2 aliphatic heterocycles. The van der Waals surface area contributed by atoms with Crippen LogP contribution in [0.2, 0.25) is 0 Å². The van der Waals surface area contributed by atoms with Gasteiger partial charge in [-0.3, -0.25) is 0 Å². The van der Waals surface area contributed by atoms with Crippen LogP contribution in [-0.2, 0) is 9.47 Å². The van der Waals surface area contributed by atoms with Gasteiger partial charge in [-0.15, -0.1) is 0 Å². The Bertz CT molecular complexity index is 441. The topological polar surface area (TPSA) is 33.7 Å². The lowest BCUT2D eigenvalue weighted by Crippen LogP contribution is -2.54. The molecule has 3 aliphatic rings. The van der Waals surface area contributed by atoms with Gasteiger partial charge in [-0.1, -0.05) is 6.08 Å². The van der Waals surface area contributed by atoms with Crippen LogP contribution < -0.4 is 5.32 Å². The quantitative estimate of drug-likeness (QED) is 0.814. The molecule has 104 valence electrons. The average molecular weight is 262 g/mol. The lowest BCUT2D eigenvalue weighted by atomic mass is 9.71. The minimum Gasteiger partial charge on any atom is -0.493 e. The molecule has 0 radical (unpaired) electrons. The number of ether oxygens (including phenoxy) is 2. The molecule has 0 amide bonds. The van der Waals surface area contributed by atoms with E-state index < -0.39 is 0 Å². The highest BCUT2D eigenvalue weighted by atomic mass is 16.5. The summed E-state index contributed by atoms with van der Waals surface area (Å²) >= 11 is 0. The molecule has 4 unspecified atom stereocenters. The van der Waals surface area contributed by atoms with E-state index in [1.54, 1.807) is 14.2 Å². The Labute approximate surface area is 114 Å². The number of nitrogens with one attached hydrogen (secondary N) is 1. The van der Waals surface area contributed by atoms with Crippen molar-refractivity contribution in [1.29, 1.82) is 0 Å². The number of rotatable bonds is 2. The van der Waals surface area contributed by atoms with Crippen LogP contribution in [0.3, 0.4) is 0 Å². The molecule has 0 bridgehead atoms. The molecule has 1 saturated heterocycles. The molecule has 0 spiro atoms. The number of fused-ring (bicyclic) bond motifs is 3. The van der Waals surface area contributed by atoms with Gasteiger partial charge < -0.3 is 19.7 Å². The van der Waals surface area contributed by atoms with E-state index in [1.807, 2.05) is 0 Å². The fourth-order valence-corrected chi connectivity index (χ4v) is 3.48. The minimum absolute atomic E-state index is 0.476. The summed E-state index contributed by atoms with van der Waals surface area (Å²) in [4.78, 5) is 2.26. The van der Waals surface area contributed by atoms with Crippen LogP contribution in [0.5, 0.6) is 0 Å². The molecule has 0 aromatic carbocycles. The monoisotopic (exact) mass is 262 g/mol. The maximum absolute atomic E-state index is 5.47. The van der Waals surface area contributed by atoms with Crippen LogP contribution >= 0.6 is 0 Å². The smallest absolute Gasteiger partial charge is 0.156 e. The van der Waals surface area contributed by atoms with Crippen molar-refractivity contribution in [2.45, 2.75) is 6.04 Å². The van der Waals surface area contributed by atoms with E-state index >= 15 is 0 Å². The highest BCUT2D eigenvalue weighted by Gasteiger charge is 2.40. The van der Waals surface area contributed by atoms with Crippen molar-refractivity contribution in [2.24, 2.45) is 17.8 Å². The van der Waals surface area contributed by atoms with Crippen molar-refractivity contribution in [1.82, 2.24) is 10.2 Å². The predicted octanol–water partition coefficient (Wildman–Crippen LogP) is 1.34. The molecule has 1 fully saturated rings. The summed E-state index contributed by atoms with van der Waals surface area (Å²) in [6.45, 7) is 2.08. The summed E-state index contributed by atoms with van der Waals surface area (Å²) in [5.41, 5.74) is 0. The van der Waals surface area contributed by atoms with E-state index in [1.165, 1.54) is 0 Å². The molecule has 0 aromatic heterocycles. The van der Waals surface area contributed by atoms with Crippen molar-refractivity contribution in [3.8, 4) is 0 Å². The second-order valence-electron chi connectivity index (χ2n) is 5.59. The molecule has 1 N–H and O–H groups in total. The molecule has 4 atom stereocenters. The van der Waals surface area contributed by atoms with Gasteiger partial charge in [0, 0.05) is 38.0 Å². The molecular formula is C15H22N2O2. The Morgan fingerprint density at radius 1 is 1.21 bits per heavy atom. The van der Waals surface area contributed by atoms with Gasteiger partial charge in [-0.05, 0) is 24.3 Å². The SMILES string of the molecule is COC1=CC2CNC3C=CN(C)CC3C2C=C1OC. The largest absolute Gasteiger partial charge is 0.493 e. The van der Waals surface area contributed by atoms with Crippen LogP contribution in [0.15, 0.2) is 35.9 Å². The molecule has 2 heterocycles. The van der Waals surface area contributed by atoms with Crippen LogP contribution in [0.25, 0.3) is 0 Å². The first-order valence-corrected chi connectivity index (χ1v) is 6.87. The summed E-state index contributed by atoms with van der Waals surface area (Å²) in [7, 11) is 5.55. The highest BCUT2D eigenvalue weighted by molar-refractivity contribution is 5.30. The molecule has 0 aromatic rings. The van der Waals surface area contributed by atoms with E-state index in [4.69, 9.17) is 9.47 Å². The van der Waals surface area contributed by atoms with Crippen molar-refractivity contribution < 1.29 is 9.47 Å². The summed E-state index contributed by atoms with van der Waals surface area (Å²) in [5.74, 6) is 3.35. The molecule has 19 heavy (non-hydrogen) atoms. The number of methoxy groups -OCH3 is 2. The Balaban J connectivity index is 1.89. The number of allylic oxidation sites excluding steroid dienone is 1. The van der Waals surface area contributed by atoms with Gasteiger partial charge in [0.1, 0.15) is 0 Å². The summed E-state index contributed by atoms with van der Waals surface area (Å²) in [6.07, 6.45) is 8.93. The average Bonchev–Trinajstić information content (AvgIpc) is 2.45. The fraction of sp³-hybridized carbons (Fsp3) is 0.600. The Morgan fingerprint density at radius 3 is 2.68 bits per heavy atom. The predicted molar refractivity (Wildman–Crippen MR) is 74.2 cm³/mol. The number of hydrogen-bond donors (Lipinski definition) is 1. The van der Waals surface area contributed by atoms with Crippen molar-refractivity contribution >= 4 is 0 Å². The molecule has 4 nitrogen and oxygen atoms in total. The standard InChI is InChI=1S/C15H22N2O2/c1-17-5-4-13-12(9-17)11-7-15(19-3)14(18-2)6-10(11)8-16-13/h4-7,10-13,16H,8-9H2,1-3H3. The van der Waals surface area contributed by atoms with Gasteiger partial charge in [0.25, 0.3) is 0 Å². The first kappa shape index (κ1) is 12.6. The Hall–Kier alpha value is -1.42. The summed E-state index contributed by atoms with van der Waals surface area (Å²) in [6, 6.07) is 0.476. The van der Waals surface area contributed by atoms with E-state index in [9.17, 15) is 0 Å². The normalized spacial score (nSPS) is 36.9. The first-order chi connectivity index (χ1) is 9.22. The van der Waals surface area contributed by atoms with Gasteiger partial charge in [-0.2, -0.15) is 0 Å². The van der Waals surface area contributed by atoms with E-state index in [0.29, 0.717) is 23.8 Å². The third kappa shape index (κ3) is 2.14. The fourth-order valence-electron chi connectivity index (χ4n) is 3.48. The van der Waals surface area contributed by atoms with Gasteiger partial charge in [-0.25, -0.2) is 0 Å². The second-order valence-corrected chi connectivity index (χ2v) is 5.59. The van der Waals surface area contributed by atoms with Gasteiger partial charge in [0.15, 0.2) is 11.5 Å². The highest BCUT2D eigenvalue weighted by Crippen LogP contribution is 2.38. The van der Waals surface area contributed by atoms with Crippen LogP contribution in [0, 0.1) is 17.8 Å². The maximum atomic E-state index is 5.47. The zero-order valence-corrected chi connectivity index (χ0v) is 11.8. The number of piperidine rings is 1. The van der Waals surface area contributed by atoms with Crippen molar-refractivity contribution in [3.05, 3.63) is 35.9 Å². The van der Waals surface area contributed by atoms with Gasteiger partial charge in [0.2, 0.25) is 0 Å². The van der Waals surface area contributed by atoms with Crippen LogP contribution in [0.4, 0.5) is 0 Å². The van der Waals surface area contributed by atoms with Crippen molar-refractivity contribution in [2.75, 3.05) is 34.4 Å². The maximum Gasteiger partial charge on any atom is 0.156 e. The van der Waals surface area contributed by atoms with Crippen LogP contribution in [-0.4, -0.2) is 45.3 Å². The lowest BCUT2D eigenvalue weighted by Gasteiger charge is -2.45. The molecule has 4 heteroatoms. The molecular weight excluding hydrogens is 240 g/mol. The third-order valence-electron chi connectivity index (χ3n) is 4.48. The van der Waals surface area contributed by atoms with Gasteiger partial charge >= 0.3 is 0 Å². The summed E-state index contributed by atoms with van der Waals surface area (Å²) < 4.78 is 10.9. The number of hydrogen-bond acceptors (Lipinski definition) is 4. The molecule has 1 aliphatic carbocycles. The number of nitrogens with zero attached hydrogens (tertiary/aromatic N) is 1. The first-order valence-electron chi connectivity index (χ1n) is 6.87. The zero-order chi connectivity index (χ0) is 13.4. The molecule has 0 saturated carbocycles. The zero-order valence-electron chi connectivity index (χ0n) is 11.8. The van der Waals surface area contributed by atoms with Crippen molar-refractivity contribution in [3.63, 3.8) is 0 Å². The van der Waals surface area contributed by atoms with E-state index in [0.717, 1.165) is 24.6 Å². The third-order valence-corrected chi connectivity index (χ3v) is 4.48. The molecule has 3 rings (SSSR count). The van der Waals surface area contributed by atoms with E-state index in [-0.39, 0.29) is 0 Å². The summed E-state index contributed by atoms with van der Waals surface area (Å²) in [5, 5.41) is 3.63. The second kappa shape index (κ2) is 4.93. The van der Waals surface area contributed by atoms with E-state index in [2.05, 4.69) is 41.7 Å². The van der Waals surface area contributed by atoms with Gasteiger partial charge in [0.05, 0.1) is 14.2 Å². The lowest BCUT2D eigenvalue weighted by molar-refractivity contribution is 0.138. The minimum atomic E-state index is 0.476. The van der Waals surface area contributed by atoms with Crippen LogP contribution in [0.1, 0.15) is 0 Å². The Morgan fingerprint density at radius 2 is 1.95 bits per heavy atom. The Kier molecular flexibility index (Phi) is 3.27.